The largest absolute Gasteiger partial charge is 0.395 e. The molecular formula is C8H17NO2. The maximum Gasteiger partial charge on any atom is 0.0597 e. The van der Waals surface area contributed by atoms with Crippen LogP contribution in [0.3, 0.4) is 0 Å². The Bertz CT molecular complexity index is 108. The van der Waals surface area contributed by atoms with Crippen LogP contribution in [-0.2, 0) is 4.74 Å². The highest BCUT2D eigenvalue weighted by molar-refractivity contribution is 4.64. The Kier molecular flexibility index (Phi) is 3.83. The van der Waals surface area contributed by atoms with Crippen LogP contribution in [0.15, 0.2) is 0 Å². The van der Waals surface area contributed by atoms with Crippen molar-refractivity contribution in [2.75, 3.05) is 32.8 Å². The van der Waals surface area contributed by atoms with E-state index in [4.69, 9.17) is 9.84 Å². The fraction of sp³-hybridized carbons (Fsp3) is 1.00. The molecule has 1 rings (SSSR count). The van der Waals surface area contributed by atoms with Crippen LogP contribution in [0.4, 0.5) is 0 Å². The highest BCUT2D eigenvalue weighted by Gasteiger charge is 2.12. The molecular weight excluding hydrogens is 142 g/mol. The molecule has 1 saturated heterocycles. The molecule has 11 heavy (non-hydrogen) atoms. The standard InChI is InChI=1S/C8H17NO2/c1-8-2-3-9(4-6-10)5-7-11-8/h8,10H,2-7H2,1H3. The van der Waals surface area contributed by atoms with Crippen molar-refractivity contribution in [2.24, 2.45) is 0 Å². The predicted molar refractivity (Wildman–Crippen MR) is 43.6 cm³/mol. The van der Waals surface area contributed by atoms with Gasteiger partial charge in [0.15, 0.2) is 0 Å². The van der Waals surface area contributed by atoms with Crippen molar-refractivity contribution in [3.8, 4) is 0 Å². The molecule has 0 radical (unpaired) electrons. The molecule has 0 spiro atoms. The number of aliphatic hydroxyl groups excluding tert-OH is 1. The molecule has 1 heterocycles. The van der Waals surface area contributed by atoms with Crippen LogP contribution in [0, 0.1) is 0 Å². The van der Waals surface area contributed by atoms with Gasteiger partial charge in [-0.2, -0.15) is 0 Å². The maximum absolute atomic E-state index is 8.69. The van der Waals surface area contributed by atoms with Gasteiger partial charge in [-0.3, -0.25) is 4.90 Å². The lowest BCUT2D eigenvalue weighted by atomic mass is 10.3. The number of nitrogens with zero attached hydrogens (tertiary/aromatic N) is 1. The normalized spacial score (nSPS) is 28.4. The molecule has 0 aromatic heterocycles. The fourth-order valence-corrected chi connectivity index (χ4v) is 1.31. The summed E-state index contributed by atoms with van der Waals surface area (Å²) in [6.07, 6.45) is 1.47. The molecule has 0 aromatic rings. The van der Waals surface area contributed by atoms with Crippen LogP contribution in [0.1, 0.15) is 13.3 Å². The van der Waals surface area contributed by atoms with Gasteiger partial charge in [-0.25, -0.2) is 0 Å². The average molecular weight is 159 g/mol. The highest BCUT2D eigenvalue weighted by atomic mass is 16.5. The van der Waals surface area contributed by atoms with E-state index in [0.29, 0.717) is 6.10 Å². The molecule has 3 nitrogen and oxygen atoms in total. The van der Waals surface area contributed by atoms with Crippen LogP contribution >= 0.6 is 0 Å². The predicted octanol–water partition coefficient (Wildman–Crippen LogP) is 0.0895. The number of aliphatic hydroxyl groups is 1. The van der Waals surface area contributed by atoms with Crippen molar-refractivity contribution in [3.05, 3.63) is 0 Å². The number of hydrogen-bond acceptors (Lipinski definition) is 3. The summed E-state index contributed by atoms with van der Waals surface area (Å²) in [5.74, 6) is 0. The van der Waals surface area contributed by atoms with Gasteiger partial charge in [-0.1, -0.05) is 0 Å². The first-order valence-corrected chi connectivity index (χ1v) is 4.27. The van der Waals surface area contributed by atoms with Crippen molar-refractivity contribution in [2.45, 2.75) is 19.4 Å². The van der Waals surface area contributed by atoms with Crippen molar-refractivity contribution in [1.29, 1.82) is 0 Å². The lowest BCUT2D eigenvalue weighted by Gasteiger charge is -2.16. The SMILES string of the molecule is CC1CCN(CCO)CCO1. The molecule has 3 heteroatoms. The highest BCUT2D eigenvalue weighted by Crippen LogP contribution is 2.04. The van der Waals surface area contributed by atoms with Gasteiger partial charge in [0.1, 0.15) is 0 Å². The van der Waals surface area contributed by atoms with E-state index in [1.165, 1.54) is 0 Å². The summed E-state index contributed by atoms with van der Waals surface area (Å²) in [5.41, 5.74) is 0. The van der Waals surface area contributed by atoms with Crippen LogP contribution in [0.5, 0.6) is 0 Å². The zero-order valence-corrected chi connectivity index (χ0v) is 7.12. The molecule has 0 aliphatic carbocycles. The molecule has 1 aliphatic heterocycles. The fourth-order valence-electron chi connectivity index (χ4n) is 1.31. The van der Waals surface area contributed by atoms with Crippen molar-refractivity contribution >= 4 is 0 Å². The quantitative estimate of drug-likeness (QED) is 0.620. The summed E-state index contributed by atoms with van der Waals surface area (Å²) in [7, 11) is 0. The van der Waals surface area contributed by atoms with Gasteiger partial charge in [-0.15, -0.1) is 0 Å². The van der Waals surface area contributed by atoms with Crippen molar-refractivity contribution in [3.63, 3.8) is 0 Å². The van der Waals surface area contributed by atoms with Crippen LogP contribution in [-0.4, -0.2) is 49.0 Å². The van der Waals surface area contributed by atoms with Gasteiger partial charge >= 0.3 is 0 Å². The van der Waals surface area contributed by atoms with Crippen molar-refractivity contribution < 1.29 is 9.84 Å². The number of hydrogen-bond donors (Lipinski definition) is 1. The van der Waals surface area contributed by atoms with Gasteiger partial charge in [0.2, 0.25) is 0 Å². The monoisotopic (exact) mass is 159 g/mol. The number of rotatable bonds is 2. The first-order valence-electron chi connectivity index (χ1n) is 4.27. The van der Waals surface area contributed by atoms with E-state index in [9.17, 15) is 0 Å². The van der Waals surface area contributed by atoms with Gasteiger partial charge in [0, 0.05) is 19.6 Å². The van der Waals surface area contributed by atoms with Crippen LogP contribution in [0.25, 0.3) is 0 Å². The summed E-state index contributed by atoms with van der Waals surface area (Å²) in [6.45, 7) is 5.97. The smallest absolute Gasteiger partial charge is 0.0597 e. The zero-order valence-electron chi connectivity index (χ0n) is 7.12. The maximum atomic E-state index is 8.69. The van der Waals surface area contributed by atoms with E-state index in [-0.39, 0.29) is 6.61 Å². The lowest BCUT2D eigenvalue weighted by molar-refractivity contribution is 0.0743. The van der Waals surface area contributed by atoms with E-state index < -0.39 is 0 Å². The minimum absolute atomic E-state index is 0.258. The van der Waals surface area contributed by atoms with E-state index in [1.54, 1.807) is 0 Å². The summed E-state index contributed by atoms with van der Waals surface area (Å²) >= 11 is 0. The van der Waals surface area contributed by atoms with E-state index >= 15 is 0 Å². The number of β-amino-alcohol motifs (C(OH)–C–C–N with tert-alkyl or cyclic N) is 1. The van der Waals surface area contributed by atoms with Gasteiger partial charge in [-0.05, 0) is 13.3 Å². The molecule has 0 bridgehead atoms. The van der Waals surface area contributed by atoms with E-state index in [0.717, 1.165) is 32.7 Å². The van der Waals surface area contributed by atoms with Crippen molar-refractivity contribution in [1.82, 2.24) is 4.90 Å². The lowest BCUT2D eigenvalue weighted by Crippen LogP contribution is -2.29. The van der Waals surface area contributed by atoms with Gasteiger partial charge in [0.05, 0.1) is 19.3 Å². The first kappa shape index (κ1) is 8.97. The Hall–Kier alpha value is -0.120. The summed E-state index contributed by atoms with van der Waals surface area (Å²) in [5, 5.41) is 8.69. The third-order valence-corrected chi connectivity index (χ3v) is 2.08. The van der Waals surface area contributed by atoms with E-state index in [2.05, 4.69) is 11.8 Å². The topological polar surface area (TPSA) is 32.7 Å². The molecule has 1 atom stereocenters. The second-order valence-electron chi connectivity index (χ2n) is 3.04. The third-order valence-electron chi connectivity index (χ3n) is 2.08. The Morgan fingerprint density at radius 3 is 3.09 bits per heavy atom. The summed E-state index contributed by atoms with van der Waals surface area (Å²) in [4.78, 5) is 2.24. The number of ether oxygens (including phenoxy) is 1. The summed E-state index contributed by atoms with van der Waals surface area (Å²) in [6, 6.07) is 0. The van der Waals surface area contributed by atoms with Gasteiger partial charge < -0.3 is 9.84 Å². The zero-order chi connectivity index (χ0) is 8.10. The minimum Gasteiger partial charge on any atom is -0.395 e. The Balaban J connectivity index is 2.22. The molecule has 0 amide bonds. The third kappa shape index (κ3) is 3.18. The first-order chi connectivity index (χ1) is 5.33. The Morgan fingerprint density at radius 2 is 2.36 bits per heavy atom. The van der Waals surface area contributed by atoms with Crippen LogP contribution in [0.2, 0.25) is 0 Å². The Morgan fingerprint density at radius 1 is 1.55 bits per heavy atom. The Labute approximate surface area is 68.0 Å². The second-order valence-corrected chi connectivity index (χ2v) is 3.04. The second kappa shape index (κ2) is 4.70. The average Bonchev–Trinajstić information content (AvgIpc) is 2.17. The molecule has 66 valence electrons. The molecule has 1 N–H and O–H groups in total. The molecule has 1 aliphatic rings. The van der Waals surface area contributed by atoms with Crippen LogP contribution < -0.4 is 0 Å². The van der Waals surface area contributed by atoms with Gasteiger partial charge in [0.25, 0.3) is 0 Å². The molecule has 0 saturated carbocycles. The van der Waals surface area contributed by atoms with E-state index in [1.807, 2.05) is 0 Å². The molecule has 1 unspecified atom stereocenters. The minimum atomic E-state index is 0.258. The molecule has 0 aromatic carbocycles. The summed E-state index contributed by atoms with van der Waals surface area (Å²) < 4.78 is 5.46. The molecule has 1 fully saturated rings.